The Hall–Kier alpha value is -3.86. The van der Waals surface area contributed by atoms with Crippen LogP contribution in [0.2, 0.25) is 0 Å². The van der Waals surface area contributed by atoms with E-state index in [1.165, 1.54) is 4.90 Å². The van der Waals surface area contributed by atoms with E-state index in [1.54, 1.807) is 24.3 Å². The Morgan fingerprint density at radius 3 is 2.06 bits per heavy atom. The second-order valence-electron chi connectivity index (χ2n) is 7.71. The van der Waals surface area contributed by atoms with Gasteiger partial charge in [-0.05, 0) is 62.7 Å². The lowest BCUT2D eigenvalue weighted by Gasteiger charge is -2.17. The van der Waals surface area contributed by atoms with E-state index >= 15 is 0 Å². The van der Waals surface area contributed by atoms with Gasteiger partial charge in [0.05, 0.1) is 17.4 Å². The first kappa shape index (κ1) is 20.4. The van der Waals surface area contributed by atoms with E-state index in [0.29, 0.717) is 22.6 Å². The Morgan fingerprint density at radius 1 is 0.806 bits per heavy atom. The van der Waals surface area contributed by atoms with Crippen molar-refractivity contribution < 1.29 is 14.3 Å². The molecule has 0 aromatic heterocycles. The van der Waals surface area contributed by atoms with E-state index in [9.17, 15) is 9.59 Å². The number of anilines is 2. The molecule has 0 saturated carbocycles. The van der Waals surface area contributed by atoms with E-state index in [1.807, 2.05) is 75.4 Å². The molecule has 1 aliphatic rings. The third kappa shape index (κ3) is 4.21. The summed E-state index contributed by atoms with van der Waals surface area (Å²) in [6.07, 6.45) is 0.0394. The molecule has 4 rings (SSSR count). The van der Waals surface area contributed by atoms with Gasteiger partial charge in [-0.2, -0.15) is 0 Å². The van der Waals surface area contributed by atoms with Crippen LogP contribution in [0.25, 0.3) is 5.57 Å². The first-order valence-electron chi connectivity index (χ1n) is 10.2. The predicted molar refractivity (Wildman–Crippen MR) is 123 cm³/mol. The van der Waals surface area contributed by atoms with Crippen molar-refractivity contribution in [2.45, 2.75) is 26.9 Å². The van der Waals surface area contributed by atoms with Crippen LogP contribution in [0.4, 0.5) is 11.4 Å². The van der Waals surface area contributed by atoms with Gasteiger partial charge in [0.15, 0.2) is 0 Å². The summed E-state index contributed by atoms with van der Waals surface area (Å²) in [4.78, 5) is 28.0. The third-order valence-corrected chi connectivity index (χ3v) is 4.93. The van der Waals surface area contributed by atoms with Gasteiger partial charge in [-0.3, -0.25) is 9.59 Å². The fourth-order valence-electron chi connectivity index (χ4n) is 3.48. The standard InChI is InChI=1S/C26H24N2O3/c1-17(2)31-22-15-13-21(14-16-22)28-25(29)23(19-7-5-4-6-8-19)24(26(28)30)27-20-11-9-18(3)10-12-20/h4-17,27H,1-3H3. The van der Waals surface area contributed by atoms with Crippen LogP contribution in [0.5, 0.6) is 5.75 Å². The number of nitrogens with one attached hydrogen (secondary N) is 1. The van der Waals surface area contributed by atoms with Gasteiger partial charge in [0.25, 0.3) is 11.8 Å². The molecule has 3 aromatic carbocycles. The van der Waals surface area contributed by atoms with E-state index in [2.05, 4.69) is 5.32 Å². The summed E-state index contributed by atoms with van der Waals surface area (Å²) in [7, 11) is 0. The van der Waals surface area contributed by atoms with Crippen molar-refractivity contribution in [3.63, 3.8) is 0 Å². The van der Waals surface area contributed by atoms with E-state index in [0.717, 1.165) is 11.3 Å². The number of benzene rings is 3. The highest BCUT2D eigenvalue weighted by atomic mass is 16.5. The number of amides is 2. The van der Waals surface area contributed by atoms with Crippen LogP contribution in [-0.4, -0.2) is 17.9 Å². The SMILES string of the molecule is Cc1ccc(NC2=C(c3ccccc3)C(=O)N(c3ccc(OC(C)C)cc3)C2=O)cc1. The first-order chi connectivity index (χ1) is 14.9. The smallest absolute Gasteiger partial charge is 0.282 e. The number of carbonyl (C=O) groups excluding carboxylic acids is 2. The zero-order valence-electron chi connectivity index (χ0n) is 17.8. The molecule has 0 spiro atoms. The van der Waals surface area contributed by atoms with Gasteiger partial charge in [0.2, 0.25) is 0 Å². The second kappa shape index (κ2) is 8.48. The molecule has 5 heteroatoms. The van der Waals surface area contributed by atoms with Crippen molar-refractivity contribution in [2.75, 3.05) is 10.2 Å². The van der Waals surface area contributed by atoms with Crippen LogP contribution < -0.4 is 15.0 Å². The topological polar surface area (TPSA) is 58.6 Å². The fourth-order valence-corrected chi connectivity index (χ4v) is 3.48. The van der Waals surface area contributed by atoms with Crippen LogP contribution in [0, 0.1) is 6.92 Å². The molecular formula is C26H24N2O3. The number of imide groups is 1. The highest BCUT2D eigenvalue weighted by Crippen LogP contribution is 2.34. The van der Waals surface area contributed by atoms with Crippen LogP contribution in [0.15, 0.2) is 84.6 Å². The van der Waals surface area contributed by atoms with Gasteiger partial charge >= 0.3 is 0 Å². The number of rotatable bonds is 6. The summed E-state index contributed by atoms with van der Waals surface area (Å²) >= 11 is 0. The Morgan fingerprint density at radius 2 is 1.45 bits per heavy atom. The molecule has 31 heavy (non-hydrogen) atoms. The average molecular weight is 412 g/mol. The maximum atomic E-state index is 13.4. The zero-order chi connectivity index (χ0) is 22.0. The average Bonchev–Trinajstić information content (AvgIpc) is 3.00. The minimum absolute atomic E-state index is 0.0394. The predicted octanol–water partition coefficient (Wildman–Crippen LogP) is 5.18. The van der Waals surface area contributed by atoms with Gasteiger partial charge in [-0.15, -0.1) is 0 Å². The van der Waals surface area contributed by atoms with Crippen LogP contribution in [-0.2, 0) is 9.59 Å². The molecule has 0 fully saturated rings. The highest BCUT2D eigenvalue weighted by Gasteiger charge is 2.40. The Bertz CT molecular complexity index is 1130. The molecule has 1 heterocycles. The maximum absolute atomic E-state index is 13.4. The van der Waals surface area contributed by atoms with Crippen molar-refractivity contribution in [1.29, 1.82) is 0 Å². The van der Waals surface area contributed by atoms with E-state index in [4.69, 9.17) is 4.74 Å². The summed E-state index contributed by atoms with van der Waals surface area (Å²) in [6.45, 7) is 5.89. The molecule has 0 unspecified atom stereocenters. The minimum Gasteiger partial charge on any atom is -0.491 e. The Labute approximate surface area is 182 Å². The second-order valence-corrected chi connectivity index (χ2v) is 7.71. The minimum atomic E-state index is -0.387. The molecule has 0 saturated heterocycles. The molecule has 1 aliphatic heterocycles. The highest BCUT2D eigenvalue weighted by molar-refractivity contribution is 6.46. The van der Waals surface area contributed by atoms with Crippen molar-refractivity contribution in [3.05, 3.63) is 95.7 Å². The van der Waals surface area contributed by atoms with Gasteiger partial charge in [-0.25, -0.2) is 4.90 Å². The lowest BCUT2D eigenvalue weighted by molar-refractivity contribution is -0.120. The summed E-state index contributed by atoms with van der Waals surface area (Å²) in [5.41, 5.74) is 3.67. The molecule has 0 radical (unpaired) electrons. The Kier molecular flexibility index (Phi) is 5.58. The molecule has 0 atom stereocenters. The summed E-state index contributed by atoms with van der Waals surface area (Å²) < 4.78 is 5.67. The molecule has 0 aliphatic carbocycles. The van der Waals surface area contributed by atoms with Gasteiger partial charge in [0.1, 0.15) is 11.4 Å². The number of aryl methyl sites for hydroxylation is 1. The zero-order valence-corrected chi connectivity index (χ0v) is 17.8. The van der Waals surface area contributed by atoms with Crippen molar-refractivity contribution in [3.8, 4) is 5.75 Å². The van der Waals surface area contributed by atoms with Gasteiger partial charge in [-0.1, -0.05) is 48.0 Å². The molecule has 156 valence electrons. The van der Waals surface area contributed by atoms with Gasteiger partial charge < -0.3 is 10.1 Å². The van der Waals surface area contributed by atoms with Gasteiger partial charge in [0, 0.05) is 5.69 Å². The quantitative estimate of drug-likeness (QED) is 0.567. The van der Waals surface area contributed by atoms with Crippen molar-refractivity contribution in [1.82, 2.24) is 0 Å². The first-order valence-corrected chi connectivity index (χ1v) is 10.2. The van der Waals surface area contributed by atoms with Crippen LogP contribution in [0.3, 0.4) is 0 Å². The lowest BCUT2D eigenvalue weighted by Crippen LogP contribution is -2.32. The summed E-state index contributed by atoms with van der Waals surface area (Å²) in [5.74, 6) is -0.0580. The molecule has 1 N–H and O–H groups in total. The lowest BCUT2D eigenvalue weighted by atomic mass is 10.0. The molecule has 0 bridgehead atoms. The largest absolute Gasteiger partial charge is 0.491 e. The molecular weight excluding hydrogens is 388 g/mol. The maximum Gasteiger partial charge on any atom is 0.282 e. The molecule has 2 amide bonds. The van der Waals surface area contributed by atoms with Crippen molar-refractivity contribution in [2.24, 2.45) is 0 Å². The monoisotopic (exact) mass is 412 g/mol. The number of carbonyl (C=O) groups is 2. The fraction of sp³-hybridized carbons (Fsp3) is 0.154. The summed E-state index contributed by atoms with van der Waals surface area (Å²) in [5, 5.41) is 3.18. The number of hydrogen-bond acceptors (Lipinski definition) is 4. The summed E-state index contributed by atoms with van der Waals surface area (Å²) in [6, 6.07) is 23.9. The molecule has 5 nitrogen and oxygen atoms in total. The third-order valence-electron chi connectivity index (χ3n) is 4.93. The number of nitrogens with zero attached hydrogens (tertiary/aromatic N) is 1. The van der Waals surface area contributed by atoms with Crippen molar-refractivity contribution >= 4 is 28.8 Å². The van der Waals surface area contributed by atoms with Crippen LogP contribution >= 0.6 is 0 Å². The Balaban J connectivity index is 1.72. The van der Waals surface area contributed by atoms with Crippen LogP contribution in [0.1, 0.15) is 25.0 Å². The molecule has 3 aromatic rings. The normalized spacial score (nSPS) is 13.9. The number of ether oxygens (including phenoxy) is 1. The van der Waals surface area contributed by atoms with E-state index in [-0.39, 0.29) is 23.6 Å². The van der Waals surface area contributed by atoms with E-state index < -0.39 is 0 Å². The number of hydrogen-bond donors (Lipinski definition) is 1.